The highest BCUT2D eigenvalue weighted by molar-refractivity contribution is 9.11. The molecule has 6 rings (SSSR count). The predicted molar refractivity (Wildman–Crippen MR) is 185 cm³/mol. The zero-order valence-electron chi connectivity index (χ0n) is 26.0. The maximum Gasteiger partial charge on any atom is 0.343 e. The standard InChI is InChI=1S/C33H42Br2N8O3/c34-26-19-22(20-27(35)29(26)36)21-28(31(44)41-15-9-24(10-16-41)40-13-5-2-6-14-40)37-32(45)42-17-11-25(12-18-42)43-33(46)38-30(39-43)23-7-3-1-4-8-23/h1,3-4,7-8,19-20,24-25,28H,2,5-6,9-18,21,36H2,(H,37,45)(H,38,39,46)/t28-/m0/s1. The van der Waals surface area contributed by atoms with Gasteiger partial charge in [0.25, 0.3) is 0 Å². The van der Waals surface area contributed by atoms with Crippen LogP contribution in [0, 0.1) is 0 Å². The minimum absolute atomic E-state index is 0.0547. The van der Waals surface area contributed by atoms with Crippen LogP contribution in [0.1, 0.15) is 56.6 Å². The second kappa shape index (κ2) is 14.7. The third-order valence-electron chi connectivity index (χ3n) is 9.64. The van der Waals surface area contributed by atoms with Crippen molar-refractivity contribution in [3.8, 4) is 11.4 Å². The van der Waals surface area contributed by atoms with Gasteiger partial charge < -0.3 is 25.8 Å². The fourth-order valence-corrected chi connectivity index (χ4v) is 8.29. The maximum absolute atomic E-state index is 14.0. The van der Waals surface area contributed by atoms with Gasteiger partial charge >= 0.3 is 11.7 Å². The second-order valence-electron chi connectivity index (χ2n) is 12.6. The van der Waals surface area contributed by atoms with E-state index in [1.807, 2.05) is 47.4 Å². The summed E-state index contributed by atoms with van der Waals surface area (Å²) in [5, 5.41) is 7.64. The molecule has 0 spiro atoms. The minimum Gasteiger partial charge on any atom is -0.397 e. The van der Waals surface area contributed by atoms with Gasteiger partial charge in [-0.05, 0) is 101 Å². The smallest absolute Gasteiger partial charge is 0.343 e. The summed E-state index contributed by atoms with van der Waals surface area (Å²) < 4.78 is 2.99. The Morgan fingerprint density at radius 1 is 0.891 bits per heavy atom. The van der Waals surface area contributed by atoms with Gasteiger partial charge in [0.2, 0.25) is 5.91 Å². The van der Waals surface area contributed by atoms with E-state index in [1.165, 1.54) is 23.9 Å². The first-order chi connectivity index (χ1) is 22.3. The molecule has 0 saturated carbocycles. The number of hydrogen-bond donors (Lipinski definition) is 3. The molecule has 0 aliphatic carbocycles. The highest BCUT2D eigenvalue weighted by Crippen LogP contribution is 2.31. The molecule has 2 aromatic carbocycles. The number of rotatable bonds is 7. The van der Waals surface area contributed by atoms with E-state index < -0.39 is 6.04 Å². The highest BCUT2D eigenvalue weighted by atomic mass is 79.9. The van der Waals surface area contributed by atoms with Crippen molar-refractivity contribution < 1.29 is 9.59 Å². The Balaban J connectivity index is 1.11. The third-order valence-corrected chi connectivity index (χ3v) is 11.0. The summed E-state index contributed by atoms with van der Waals surface area (Å²) in [6, 6.07) is 12.8. The number of anilines is 1. The van der Waals surface area contributed by atoms with Gasteiger partial charge in [-0.25, -0.2) is 14.3 Å². The number of benzene rings is 2. The van der Waals surface area contributed by atoms with Gasteiger partial charge in [0.15, 0.2) is 5.82 Å². The van der Waals surface area contributed by atoms with Crippen molar-refractivity contribution in [1.82, 2.24) is 34.8 Å². The van der Waals surface area contributed by atoms with E-state index >= 15 is 0 Å². The summed E-state index contributed by atoms with van der Waals surface area (Å²) in [5.41, 5.74) is 8.20. The van der Waals surface area contributed by atoms with Crippen LogP contribution in [0.5, 0.6) is 0 Å². The van der Waals surface area contributed by atoms with Crippen molar-refractivity contribution in [2.75, 3.05) is 45.0 Å². The molecule has 3 amide bonds. The number of amides is 3. The molecule has 0 radical (unpaired) electrons. The third kappa shape index (κ3) is 7.52. The van der Waals surface area contributed by atoms with Crippen LogP contribution in [0.15, 0.2) is 56.2 Å². The quantitative estimate of drug-likeness (QED) is 0.298. The van der Waals surface area contributed by atoms with Crippen LogP contribution in [-0.2, 0) is 11.2 Å². The van der Waals surface area contributed by atoms with Crippen molar-refractivity contribution in [3.63, 3.8) is 0 Å². The zero-order valence-corrected chi connectivity index (χ0v) is 29.1. The first kappa shape index (κ1) is 32.8. The topological polar surface area (TPSA) is 133 Å². The molecule has 13 heteroatoms. The fourth-order valence-electron chi connectivity index (χ4n) is 7.01. The molecule has 3 aliphatic rings. The summed E-state index contributed by atoms with van der Waals surface area (Å²) in [4.78, 5) is 49.5. The number of carbonyl (C=O) groups excluding carboxylic acids is 2. The fraction of sp³-hybridized carbons (Fsp3) is 0.515. The monoisotopic (exact) mass is 756 g/mol. The number of hydrogen-bond acceptors (Lipinski definition) is 6. The lowest BCUT2D eigenvalue weighted by Crippen LogP contribution is -2.56. The van der Waals surface area contributed by atoms with E-state index in [0.29, 0.717) is 63.0 Å². The number of carbonyl (C=O) groups is 2. The average Bonchev–Trinajstić information content (AvgIpc) is 3.48. The van der Waals surface area contributed by atoms with Crippen molar-refractivity contribution in [2.45, 2.75) is 69.5 Å². The molecule has 3 saturated heterocycles. The Bertz CT molecular complexity index is 1550. The molecule has 3 aliphatic heterocycles. The van der Waals surface area contributed by atoms with Crippen molar-refractivity contribution in [3.05, 3.63) is 67.5 Å². The Kier molecular flexibility index (Phi) is 10.5. The lowest BCUT2D eigenvalue weighted by atomic mass is 9.98. The molecule has 1 atom stereocenters. The molecule has 0 bridgehead atoms. The minimum atomic E-state index is -0.721. The van der Waals surface area contributed by atoms with Crippen LogP contribution in [0.4, 0.5) is 10.5 Å². The average molecular weight is 759 g/mol. The Labute approximate surface area is 286 Å². The van der Waals surface area contributed by atoms with Crippen molar-refractivity contribution in [2.24, 2.45) is 0 Å². The van der Waals surface area contributed by atoms with E-state index in [2.05, 4.69) is 52.2 Å². The van der Waals surface area contributed by atoms with Crippen LogP contribution in [0.25, 0.3) is 11.4 Å². The van der Waals surface area contributed by atoms with Crippen molar-refractivity contribution in [1.29, 1.82) is 0 Å². The Hall–Kier alpha value is -3.16. The number of halogens is 2. The number of aromatic amines is 1. The molecule has 1 aromatic heterocycles. The van der Waals surface area contributed by atoms with Gasteiger partial charge in [-0.2, -0.15) is 0 Å². The predicted octanol–water partition coefficient (Wildman–Crippen LogP) is 4.78. The lowest BCUT2D eigenvalue weighted by molar-refractivity contribution is -0.134. The molecule has 246 valence electrons. The highest BCUT2D eigenvalue weighted by Gasteiger charge is 2.34. The molecule has 4 heterocycles. The summed E-state index contributed by atoms with van der Waals surface area (Å²) in [7, 11) is 0. The van der Waals surface area contributed by atoms with Crippen LogP contribution >= 0.6 is 31.9 Å². The van der Waals surface area contributed by atoms with Crippen molar-refractivity contribution >= 4 is 49.5 Å². The molecule has 4 N–H and O–H groups in total. The molecule has 11 nitrogen and oxygen atoms in total. The first-order valence-corrected chi connectivity index (χ1v) is 17.9. The van der Waals surface area contributed by atoms with E-state index in [0.717, 1.165) is 46.0 Å². The van der Waals surface area contributed by atoms with Crippen LogP contribution in [0.3, 0.4) is 0 Å². The van der Waals surface area contributed by atoms with Gasteiger partial charge in [0.05, 0.1) is 11.7 Å². The van der Waals surface area contributed by atoms with Crippen LogP contribution in [0.2, 0.25) is 0 Å². The van der Waals surface area contributed by atoms with Gasteiger partial charge in [0, 0.05) is 53.2 Å². The molecule has 46 heavy (non-hydrogen) atoms. The summed E-state index contributed by atoms with van der Waals surface area (Å²) in [6.45, 7) is 4.59. The van der Waals surface area contributed by atoms with Crippen LogP contribution < -0.4 is 16.7 Å². The van der Waals surface area contributed by atoms with Gasteiger partial charge in [-0.15, -0.1) is 5.10 Å². The van der Waals surface area contributed by atoms with E-state index in [-0.39, 0.29) is 23.7 Å². The SMILES string of the molecule is Nc1c(Br)cc(C[C@H](NC(=O)N2CCC(n3nc(-c4ccccc4)[nH]c3=O)CC2)C(=O)N2CCC(N3CCCCC3)CC2)cc1Br. The lowest BCUT2D eigenvalue weighted by Gasteiger charge is -2.41. The number of nitrogens with two attached hydrogens (primary N) is 1. The Morgan fingerprint density at radius 3 is 2.15 bits per heavy atom. The largest absolute Gasteiger partial charge is 0.397 e. The zero-order chi connectivity index (χ0) is 32.2. The van der Waals surface area contributed by atoms with Crippen LogP contribution in [-0.4, -0.2) is 92.8 Å². The summed E-state index contributed by atoms with van der Waals surface area (Å²) in [5.74, 6) is 0.481. The number of nitrogen functional groups attached to an aromatic ring is 1. The molecule has 3 fully saturated rings. The number of nitrogens with one attached hydrogen (secondary N) is 2. The molecule has 3 aromatic rings. The number of urea groups is 1. The first-order valence-electron chi connectivity index (χ1n) is 16.3. The molecular formula is C33H42Br2N8O3. The van der Waals surface area contributed by atoms with E-state index in [9.17, 15) is 14.4 Å². The molecule has 0 unspecified atom stereocenters. The number of H-pyrrole nitrogens is 1. The maximum atomic E-state index is 14.0. The number of piperidine rings is 3. The van der Waals surface area contributed by atoms with Gasteiger partial charge in [-0.1, -0.05) is 36.8 Å². The van der Waals surface area contributed by atoms with E-state index in [4.69, 9.17) is 5.73 Å². The molecular weight excluding hydrogens is 716 g/mol. The number of aromatic nitrogens is 3. The normalized spacial score (nSPS) is 19.3. The number of nitrogens with zero attached hydrogens (tertiary/aromatic N) is 5. The summed E-state index contributed by atoms with van der Waals surface area (Å²) in [6.07, 6.45) is 7.25. The van der Waals surface area contributed by atoms with Gasteiger partial charge in [-0.3, -0.25) is 9.78 Å². The Morgan fingerprint density at radius 2 is 1.50 bits per heavy atom. The van der Waals surface area contributed by atoms with Gasteiger partial charge in [0.1, 0.15) is 6.04 Å². The van der Waals surface area contributed by atoms with E-state index in [1.54, 1.807) is 4.90 Å². The second-order valence-corrected chi connectivity index (χ2v) is 14.3. The number of likely N-dealkylation sites (tertiary alicyclic amines) is 3. The summed E-state index contributed by atoms with van der Waals surface area (Å²) >= 11 is 7.04.